The van der Waals surface area contributed by atoms with Crippen molar-refractivity contribution in [2.24, 2.45) is 10.1 Å². The Morgan fingerprint density at radius 1 is 1.16 bits per heavy atom. The highest BCUT2D eigenvalue weighted by Gasteiger charge is 2.17. The molecule has 0 saturated carbocycles. The molecular formula is C19H17N3O7S2. The van der Waals surface area contributed by atoms with Crippen molar-refractivity contribution in [3.05, 3.63) is 46.8 Å². The van der Waals surface area contributed by atoms with Gasteiger partial charge in [-0.15, -0.1) is 0 Å². The van der Waals surface area contributed by atoms with Crippen LogP contribution in [0.25, 0.3) is 10.2 Å². The van der Waals surface area contributed by atoms with Gasteiger partial charge in [0.05, 0.1) is 22.2 Å². The van der Waals surface area contributed by atoms with E-state index in [0.29, 0.717) is 34.9 Å². The SMILES string of the molecule is COC(=O)Cn1c(=NC(=O)c2ccc3c(c2)OCCO3)sc2cc(S(N)(=O)=O)ccc21. The largest absolute Gasteiger partial charge is 0.486 e. The van der Waals surface area contributed by atoms with Crippen molar-refractivity contribution in [1.29, 1.82) is 0 Å². The molecule has 3 aromatic rings. The number of benzene rings is 2. The molecule has 0 atom stereocenters. The third kappa shape index (κ3) is 4.31. The molecule has 0 bridgehead atoms. The lowest BCUT2D eigenvalue weighted by molar-refractivity contribution is -0.141. The maximum absolute atomic E-state index is 12.8. The number of fused-ring (bicyclic) bond motifs is 2. The molecule has 0 saturated heterocycles. The fraction of sp³-hybridized carbons (Fsp3) is 0.211. The zero-order chi connectivity index (χ0) is 22.2. The smallest absolute Gasteiger partial charge is 0.325 e. The number of amides is 1. The lowest BCUT2D eigenvalue weighted by Gasteiger charge is -2.18. The number of esters is 1. The molecule has 0 aliphatic carbocycles. The minimum Gasteiger partial charge on any atom is -0.486 e. The maximum Gasteiger partial charge on any atom is 0.325 e. The van der Waals surface area contributed by atoms with E-state index in [1.54, 1.807) is 12.1 Å². The Kier molecular flexibility index (Phi) is 5.52. The lowest BCUT2D eigenvalue weighted by Crippen LogP contribution is -2.22. The second-order valence-corrected chi connectivity index (χ2v) is 9.07. The van der Waals surface area contributed by atoms with Crippen molar-refractivity contribution < 1.29 is 32.2 Å². The Morgan fingerprint density at radius 3 is 2.61 bits per heavy atom. The number of rotatable bonds is 4. The number of nitrogens with two attached hydrogens (primary N) is 1. The standard InChI is InChI=1S/C19H17N3O7S2/c1-27-17(23)10-22-13-4-3-12(31(20,25)26)9-16(13)30-19(22)21-18(24)11-2-5-14-15(8-11)29-7-6-28-14/h2-5,8-9H,6-7,10H2,1H3,(H2,20,25,26). The number of primary sulfonamides is 1. The van der Waals surface area contributed by atoms with Crippen LogP contribution >= 0.6 is 11.3 Å². The van der Waals surface area contributed by atoms with Crippen LogP contribution in [0.5, 0.6) is 11.5 Å². The molecule has 0 unspecified atom stereocenters. The second kappa shape index (κ2) is 8.13. The van der Waals surface area contributed by atoms with Crippen LogP contribution < -0.4 is 19.4 Å². The summed E-state index contributed by atoms with van der Waals surface area (Å²) >= 11 is 1.05. The molecule has 1 aromatic heterocycles. The first-order valence-electron chi connectivity index (χ1n) is 8.98. The van der Waals surface area contributed by atoms with Gasteiger partial charge in [-0.2, -0.15) is 4.99 Å². The summed E-state index contributed by atoms with van der Waals surface area (Å²) in [7, 11) is -2.67. The number of sulfonamides is 1. The summed E-state index contributed by atoms with van der Waals surface area (Å²) in [4.78, 5) is 29.0. The molecule has 1 amide bonds. The summed E-state index contributed by atoms with van der Waals surface area (Å²) in [5.74, 6) is -0.123. The van der Waals surface area contributed by atoms with Crippen LogP contribution in [0.4, 0.5) is 0 Å². The van der Waals surface area contributed by atoms with E-state index in [2.05, 4.69) is 4.99 Å². The van der Waals surface area contributed by atoms with Gasteiger partial charge in [0.1, 0.15) is 19.8 Å². The first-order chi connectivity index (χ1) is 14.8. The number of hydrogen-bond donors (Lipinski definition) is 1. The Hall–Kier alpha value is -3.22. The molecule has 0 spiro atoms. The number of aromatic nitrogens is 1. The van der Waals surface area contributed by atoms with Crippen LogP contribution in [0.15, 0.2) is 46.3 Å². The fourth-order valence-electron chi connectivity index (χ4n) is 2.99. The summed E-state index contributed by atoms with van der Waals surface area (Å²) in [5, 5.41) is 5.20. The van der Waals surface area contributed by atoms with Gasteiger partial charge < -0.3 is 18.8 Å². The van der Waals surface area contributed by atoms with Crippen LogP contribution in [0.3, 0.4) is 0 Å². The molecular weight excluding hydrogens is 446 g/mol. The van der Waals surface area contributed by atoms with Gasteiger partial charge >= 0.3 is 5.97 Å². The molecule has 2 heterocycles. The van der Waals surface area contributed by atoms with Crippen LogP contribution in [0.2, 0.25) is 0 Å². The van der Waals surface area contributed by atoms with Gasteiger partial charge in [0.15, 0.2) is 16.3 Å². The quantitative estimate of drug-likeness (QED) is 0.570. The van der Waals surface area contributed by atoms with Gasteiger partial charge in [0, 0.05) is 5.56 Å². The molecule has 12 heteroatoms. The molecule has 0 fully saturated rings. The van der Waals surface area contributed by atoms with Gasteiger partial charge in [-0.3, -0.25) is 9.59 Å². The maximum atomic E-state index is 12.8. The van der Waals surface area contributed by atoms with Crippen LogP contribution in [0, 0.1) is 0 Å². The Labute approximate surface area is 180 Å². The van der Waals surface area contributed by atoms with E-state index in [0.717, 1.165) is 11.3 Å². The van der Waals surface area contributed by atoms with Crippen LogP contribution in [-0.4, -0.2) is 45.2 Å². The highest BCUT2D eigenvalue weighted by Crippen LogP contribution is 2.31. The number of ether oxygens (including phenoxy) is 3. The number of hydrogen-bond acceptors (Lipinski definition) is 8. The molecule has 1 aliphatic rings. The van der Waals surface area contributed by atoms with Crippen molar-refractivity contribution in [3.8, 4) is 11.5 Å². The number of nitrogens with zero attached hydrogens (tertiary/aromatic N) is 2. The predicted octanol–water partition coefficient (Wildman–Crippen LogP) is 1.04. The van der Waals surface area contributed by atoms with Crippen LogP contribution in [-0.2, 0) is 26.1 Å². The van der Waals surface area contributed by atoms with Gasteiger partial charge in [0.25, 0.3) is 5.91 Å². The van der Waals surface area contributed by atoms with Crippen molar-refractivity contribution >= 4 is 43.5 Å². The van der Waals surface area contributed by atoms with Gasteiger partial charge in [0.2, 0.25) is 10.0 Å². The fourth-order valence-corrected chi connectivity index (χ4v) is 4.67. The van der Waals surface area contributed by atoms with E-state index in [9.17, 15) is 18.0 Å². The minimum atomic E-state index is -3.92. The molecule has 162 valence electrons. The number of methoxy groups -OCH3 is 1. The average Bonchev–Trinajstić information content (AvgIpc) is 3.08. The minimum absolute atomic E-state index is 0.0869. The molecule has 1 aliphatic heterocycles. The summed E-state index contributed by atoms with van der Waals surface area (Å²) in [6.07, 6.45) is 0. The third-order valence-electron chi connectivity index (χ3n) is 4.48. The zero-order valence-corrected chi connectivity index (χ0v) is 17.9. The van der Waals surface area contributed by atoms with E-state index in [4.69, 9.17) is 19.3 Å². The highest BCUT2D eigenvalue weighted by molar-refractivity contribution is 7.89. The van der Waals surface area contributed by atoms with Crippen molar-refractivity contribution in [2.75, 3.05) is 20.3 Å². The van der Waals surface area contributed by atoms with Crippen molar-refractivity contribution in [2.45, 2.75) is 11.4 Å². The highest BCUT2D eigenvalue weighted by atomic mass is 32.2. The van der Waals surface area contributed by atoms with E-state index < -0.39 is 21.9 Å². The van der Waals surface area contributed by atoms with E-state index in [-0.39, 0.29) is 21.8 Å². The molecule has 2 aromatic carbocycles. The third-order valence-corrected chi connectivity index (χ3v) is 6.44. The lowest BCUT2D eigenvalue weighted by atomic mass is 10.2. The molecule has 2 N–H and O–H groups in total. The normalized spacial score (nSPS) is 13.9. The van der Waals surface area contributed by atoms with Crippen molar-refractivity contribution in [3.63, 3.8) is 0 Å². The van der Waals surface area contributed by atoms with Gasteiger partial charge in [-0.25, -0.2) is 13.6 Å². The van der Waals surface area contributed by atoms with Crippen molar-refractivity contribution in [1.82, 2.24) is 4.57 Å². The molecule has 0 radical (unpaired) electrons. The zero-order valence-electron chi connectivity index (χ0n) is 16.2. The Morgan fingerprint density at radius 2 is 1.90 bits per heavy atom. The topological polar surface area (TPSA) is 139 Å². The Balaban J connectivity index is 1.82. The first-order valence-corrected chi connectivity index (χ1v) is 11.3. The summed E-state index contributed by atoms with van der Waals surface area (Å²) < 4.78 is 41.0. The first kappa shape index (κ1) is 21.0. The Bertz CT molecular complexity index is 1370. The van der Waals surface area contributed by atoms with Gasteiger partial charge in [-0.1, -0.05) is 11.3 Å². The molecule has 4 rings (SSSR count). The summed E-state index contributed by atoms with van der Waals surface area (Å²) in [5.41, 5.74) is 0.785. The second-order valence-electron chi connectivity index (χ2n) is 6.50. The van der Waals surface area contributed by atoms with Gasteiger partial charge in [-0.05, 0) is 36.4 Å². The predicted molar refractivity (Wildman–Crippen MR) is 111 cm³/mol. The molecule has 10 nitrogen and oxygen atoms in total. The van der Waals surface area contributed by atoms with E-state index in [1.165, 1.54) is 35.9 Å². The number of carbonyl (C=O) groups is 2. The van der Waals surface area contributed by atoms with Crippen LogP contribution in [0.1, 0.15) is 10.4 Å². The summed E-state index contributed by atoms with van der Waals surface area (Å²) in [6.45, 7) is 0.600. The van der Waals surface area contributed by atoms with E-state index in [1.807, 2.05) is 0 Å². The summed E-state index contributed by atoms with van der Waals surface area (Å²) in [6, 6.07) is 8.93. The van der Waals surface area contributed by atoms with E-state index >= 15 is 0 Å². The number of carbonyl (C=O) groups excluding carboxylic acids is 2. The average molecular weight is 463 g/mol. The number of thiazole rings is 1. The monoisotopic (exact) mass is 463 g/mol. The molecule has 31 heavy (non-hydrogen) atoms.